The fourth-order valence-electron chi connectivity index (χ4n) is 1.23. The maximum Gasteiger partial charge on any atom is 0.255 e. The van der Waals surface area contributed by atoms with Crippen molar-refractivity contribution in [3.8, 4) is 5.75 Å². The van der Waals surface area contributed by atoms with Crippen LogP contribution >= 0.6 is 0 Å². The smallest absolute Gasteiger partial charge is 0.255 e. The average Bonchev–Trinajstić information content (AvgIpc) is 2.30. The normalized spacial score (nSPS) is 12.8. The third kappa shape index (κ3) is 3.75. The van der Waals surface area contributed by atoms with Gasteiger partial charge in [-0.25, -0.2) is 8.78 Å². The Hall–Kier alpha value is -1.20. The van der Waals surface area contributed by atoms with E-state index >= 15 is 0 Å². The first-order valence-electron chi connectivity index (χ1n) is 4.92. The summed E-state index contributed by atoms with van der Waals surface area (Å²) in [6.45, 7) is -0.284. The van der Waals surface area contributed by atoms with Crippen LogP contribution < -0.4 is 10.1 Å². The third-order valence-corrected chi connectivity index (χ3v) is 2.23. The van der Waals surface area contributed by atoms with Crippen LogP contribution in [0.1, 0.15) is 5.56 Å². The zero-order chi connectivity index (χ0) is 12.0. The van der Waals surface area contributed by atoms with Crippen LogP contribution in [0.3, 0.4) is 0 Å². The second-order valence-corrected chi connectivity index (χ2v) is 3.35. The highest BCUT2D eigenvalue weighted by Gasteiger charge is 2.17. The van der Waals surface area contributed by atoms with Crippen LogP contribution in [0.15, 0.2) is 24.3 Å². The Labute approximate surface area is 93.0 Å². The van der Waals surface area contributed by atoms with Gasteiger partial charge in [0.1, 0.15) is 5.75 Å². The van der Waals surface area contributed by atoms with Crippen LogP contribution in [0.5, 0.6) is 5.75 Å². The lowest BCUT2D eigenvalue weighted by molar-refractivity contribution is 0.0646. The minimum Gasteiger partial charge on any atom is -0.497 e. The molecule has 2 N–H and O–H groups in total. The third-order valence-electron chi connectivity index (χ3n) is 2.23. The number of halogens is 2. The largest absolute Gasteiger partial charge is 0.497 e. The molecule has 1 rings (SSSR count). The van der Waals surface area contributed by atoms with Crippen LogP contribution in [0, 0.1) is 0 Å². The molecule has 16 heavy (non-hydrogen) atoms. The molecule has 1 aromatic rings. The molecule has 0 bridgehead atoms. The Balaban J connectivity index is 2.47. The van der Waals surface area contributed by atoms with Crippen LogP contribution in [-0.4, -0.2) is 31.3 Å². The predicted molar refractivity (Wildman–Crippen MR) is 56.7 cm³/mol. The van der Waals surface area contributed by atoms with Crippen LogP contribution in [0.25, 0.3) is 0 Å². The van der Waals surface area contributed by atoms with E-state index in [0.717, 1.165) is 11.3 Å². The van der Waals surface area contributed by atoms with Gasteiger partial charge < -0.3 is 15.2 Å². The van der Waals surface area contributed by atoms with Crippen molar-refractivity contribution in [1.29, 1.82) is 0 Å². The molecule has 0 aliphatic heterocycles. The molecule has 0 amide bonds. The van der Waals surface area contributed by atoms with Crippen molar-refractivity contribution < 1.29 is 18.6 Å². The van der Waals surface area contributed by atoms with E-state index in [1.54, 1.807) is 31.4 Å². The molecule has 1 unspecified atom stereocenters. The van der Waals surface area contributed by atoms with E-state index in [2.05, 4.69) is 5.32 Å². The zero-order valence-corrected chi connectivity index (χ0v) is 8.99. The summed E-state index contributed by atoms with van der Waals surface area (Å²) >= 11 is 0. The Morgan fingerprint density at radius 3 is 2.38 bits per heavy atom. The van der Waals surface area contributed by atoms with Gasteiger partial charge in [0.25, 0.3) is 6.43 Å². The SMILES string of the molecule is COc1ccc(CNC(CO)C(F)F)cc1. The van der Waals surface area contributed by atoms with E-state index < -0.39 is 19.1 Å². The first-order valence-corrected chi connectivity index (χ1v) is 4.92. The highest BCUT2D eigenvalue weighted by Crippen LogP contribution is 2.11. The molecule has 3 nitrogen and oxygen atoms in total. The highest BCUT2D eigenvalue weighted by atomic mass is 19.3. The molecule has 0 aliphatic carbocycles. The van der Waals surface area contributed by atoms with Crippen molar-refractivity contribution in [1.82, 2.24) is 5.32 Å². The molecule has 1 aromatic carbocycles. The van der Waals surface area contributed by atoms with E-state index in [4.69, 9.17) is 9.84 Å². The number of ether oxygens (including phenoxy) is 1. The van der Waals surface area contributed by atoms with Gasteiger partial charge >= 0.3 is 0 Å². The van der Waals surface area contributed by atoms with Gasteiger partial charge in [-0.1, -0.05) is 12.1 Å². The van der Waals surface area contributed by atoms with E-state index in [1.807, 2.05) is 0 Å². The van der Waals surface area contributed by atoms with Gasteiger partial charge in [0.2, 0.25) is 0 Å². The maximum atomic E-state index is 12.3. The van der Waals surface area contributed by atoms with Crippen molar-refractivity contribution in [2.75, 3.05) is 13.7 Å². The van der Waals surface area contributed by atoms with E-state index in [9.17, 15) is 8.78 Å². The summed E-state index contributed by atoms with van der Waals surface area (Å²) in [5.41, 5.74) is 0.861. The summed E-state index contributed by atoms with van der Waals surface area (Å²) in [4.78, 5) is 0. The number of nitrogens with one attached hydrogen (secondary N) is 1. The second-order valence-electron chi connectivity index (χ2n) is 3.35. The lowest BCUT2D eigenvalue weighted by atomic mass is 10.2. The molecule has 5 heteroatoms. The van der Waals surface area contributed by atoms with Crippen molar-refractivity contribution >= 4 is 0 Å². The standard InChI is InChI=1S/C11H15F2NO2/c1-16-9-4-2-8(3-5-9)6-14-10(7-15)11(12)13/h2-5,10-11,14-15H,6-7H2,1H3. The second kappa shape index (κ2) is 6.40. The summed E-state index contributed by atoms with van der Waals surface area (Å²) in [5, 5.41) is 11.3. The van der Waals surface area contributed by atoms with Crippen LogP contribution in [-0.2, 0) is 6.54 Å². The number of methoxy groups -OCH3 is 1. The summed E-state index contributed by atoms with van der Waals surface area (Å²) in [5.74, 6) is 0.719. The number of aliphatic hydroxyl groups excluding tert-OH is 1. The quantitative estimate of drug-likeness (QED) is 0.777. The Kier molecular flexibility index (Phi) is 5.14. The number of hydrogen-bond donors (Lipinski definition) is 2. The van der Waals surface area contributed by atoms with Crippen molar-refractivity contribution in [3.63, 3.8) is 0 Å². The topological polar surface area (TPSA) is 41.5 Å². The van der Waals surface area contributed by atoms with Gasteiger partial charge in [-0.3, -0.25) is 0 Å². The van der Waals surface area contributed by atoms with Gasteiger partial charge in [-0.2, -0.15) is 0 Å². The molecule has 0 saturated carbocycles. The molecule has 0 aromatic heterocycles. The monoisotopic (exact) mass is 231 g/mol. The highest BCUT2D eigenvalue weighted by molar-refractivity contribution is 5.27. The zero-order valence-electron chi connectivity index (χ0n) is 8.99. The molecule has 90 valence electrons. The average molecular weight is 231 g/mol. The Morgan fingerprint density at radius 1 is 1.31 bits per heavy atom. The van der Waals surface area contributed by atoms with Gasteiger partial charge in [0, 0.05) is 6.54 Å². The molecule has 1 atom stereocenters. The number of hydrogen-bond acceptors (Lipinski definition) is 3. The maximum absolute atomic E-state index is 12.3. The molecule has 0 fully saturated rings. The fourth-order valence-corrected chi connectivity index (χ4v) is 1.23. The number of alkyl halides is 2. The van der Waals surface area contributed by atoms with Crippen molar-refractivity contribution in [3.05, 3.63) is 29.8 Å². The first-order chi connectivity index (χ1) is 7.67. The number of rotatable bonds is 6. The molecule has 0 heterocycles. The lowest BCUT2D eigenvalue weighted by Crippen LogP contribution is -2.38. The molecular formula is C11H15F2NO2. The predicted octanol–water partition coefficient (Wildman–Crippen LogP) is 1.41. The molecule has 0 radical (unpaired) electrons. The minimum atomic E-state index is -2.57. The molecule has 0 saturated heterocycles. The van der Waals surface area contributed by atoms with Crippen LogP contribution in [0.2, 0.25) is 0 Å². The van der Waals surface area contributed by atoms with Gasteiger partial charge in [-0.05, 0) is 17.7 Å². The summed E-state index contributed by atoms with van der Waals surface area (Å²) in [6.07, 6.45) is -2.57. The summed E-state index contributed by atoms with van der Waals surface area (Å²) in [7, 11) is 1.56. The molecule has 0 aliphatic rings. The Bertz CT molecular complexity index is 303. The van der Waals surface area contributed by atoms with E-state index in [-0.39, 0.29) is 0 Å². The van der Waals surface area contributed by atoms with Gasteiger partial charge in [-0.15, -0.1) is 0 Å². The summed E-state index contributed by atoms with van der Waals surface area (Å²) < 4.78 is 29.5. The van der Waals surface area contributed by atoms with Crippen LogP contribution in [0.4, 0.5) is 8.78 Å². The van der Waals surface area contributed by atoms with Gasteiger partial charge in [0.05, 0.1) is 19.8 Å². The number of benzene rings is 1. The fraction of sp³-hybridized carbons (Fsp3) is 0.455. The molecule has 0 spiro atoms. The first kappa shape index (κ1) is 12.9. The van der Waals surface area contributed by atoms with E-state index in [0.29, 0.717) is 6.54 Å². The minimum absolute atomic E-state index is 0.291. The van der Waals surface area contributed by atoms with E-state index in [1.165, 1.54) is 0 Å². The molecular weight excluding hydrogens is 216 g/mol. The lowest BCUT2D eigenvalue weighted by Gasteiger charge is -2.15. The summed E-state index contributed by atoms with van der Waals surface area (Å²) in [6, 6.07) is 5.90. The number of aliphatic hydroxyl groups is 1. The van der Waals surface area contributed by atoms with Gasteiger partial charge in [0.15, 0.2) is 0 Å². The van der Waals surface area contributed by atoms with Crippen molar-refractivity contribution in [2.45, 2.75) is 19.0 Å². The Morgan fingerprint density at radius 2 is 1.94 bits per heavy atom. The van der Waals surface area contributed by atoms with Crippen molar-refractivity contribution in [2.24, 2.45) is 0 Å².